The van der Waals surface area contributed by atoms with E-state index in [0.29, 0.717) is 12.3 Å². The summed E-state index contributed by atoms with van der Waals surface area (Å²) in [7, 11) is 0. The number of hydrogen-bond donors (Lipinski definition) is 1. The second-order valence-corrected chi connectivity index (χ2v) is 4.94. The SMILES string of the molecule is Cc1ccc(OCC(C)Nc2cccc(F)c2C#N)cc1. The van der Waals surface area contributed by atoms with Gasteiger partial charge in [-0.1, -0.05) is 23.8 Å². The fraction of sp³-hybridized carbons (Fsp3) is 0.235. The number of aryl methyl sites for hydroxylation is 1. The molecule has 0 heterocycles. The average molecular weight is 284 g/mol. The molecule has 0 radical (unpaired) electrons. The Kier molecular flexibility index (Phi) is 4.78. The molecule has 0 aliphatic heterocycles. The van der Waals surface area contributed by atoms with E-state index in [9.17, 15) is 4.39 Å². The Morgan fingerprint density at radius 1 is 1.24 bits per heavy atom. The van der Waals surface area contributed by atoms with Gasteiger partial charge in [0, 0.05) is 0 Å². The van der Waals surface area contributed by atoms with Crippen LogP contribution in [0.25, 0.3) is 0 Å². The Bertz CT molecular complexity index is 647. The van der Waals surface area contributed by atoms with Crippen molar-refractivity contribution >= 4 is 5.69 Å². The molecule has 2 aromatic rings. The first kappa shape index (κ1) is 14.9. The first-order valence-corrected chi connectivity index (χ1v) is 6.75. The third-order valence-corrected chi connectivity index (χ3v) is 3.05. The fourth-order valence-electron chi connectivity index (χ4n) is 1.92. The van der Waals surface area contributed by atoms with E-state index in [4.69, 9.17) is 10.00 Å². The molecule has 1 N–H and O–H groups in total. The number of benzene rings is 2. The Hall–Kier alpha value is -2.54. The molecule has 0 amide bonds. The van der Waals surface area contributed by atoms with E-state index in [0.717, 1.165) is 5.75 Å². The molecular formula is C17H17FN2O. The number of ether oxygens (including phenoxy) is 1. The second kappa shape index (κ2) is 6.76. The molecular weight excluding hydrogens is 267 g/mol. The number of halogens is 1. The average Bonchev–Trinajstić information content (AvgIpc) is 2.47. The summed E-state index contributed by atoms with van der Waals surface area (Å²) in [6, 6.07) is 14.1. The van der Waals surface area contributed by atoms with Gasteiger partial charge in [0.05, 0.1) is 11.7 Å². The highest BCUT2D eigenvalue weighted by molar-refractivity contribution is 5.58. The maximum atomic E-state index is 13.5. The quantitative estimate of drug-likeness (QED) is 0.906. The van der Waals surface area contributed by atoms with Gasteiger partial charge < -0.3 is 10.1 Å². The Labute approximate surface area is 124 Å². The van der Waals surface area contributed by atoms with Crippen LogP contribution in [0.1, 0.15) is 18.1 Å². The predicted molar refractivity (Wildman–Crippen MR) is 80.9 cm³/mol. The first-order chi connectivity index (χ1) is 10.1. The summed E-state index contributed by atoms with van der Waals surface area (Å²) in [5, 5.41) is 12.1. The predicted octanol–water partition coefficient (Wildman–Crippen LogP) is 3.89. The molecule has 0 saturated carbocycles. The van der Waals surface area contributed by atoms with Gasteiger partial charge in [-0.2, -0.15) is 5.26 Å². The van der Waals surface area contributed by atoms with E-state index in [1.807, 2.05) is 44.2 Å². The van der Waals surface area contributed by atoms with Crippen LogP contribution in [0, 0.1) is 24.1 Å². The fourth-order valence-corrected chi connectivity index (χ4v) is 1.92. The van der Waals surface area contributed by atoms with Crippen molar-refractivity contribution in [2.45, 2.75) is 19.9 Å². The van der Waals surface area contributed by atoms with Crippen molar-refractivity contribution in [1.82, 2.24) is 0 Å². The van der Waals surface area contributed by atoms with Crippen molar-refractivity contribution in [3.63, 3.8) is 0 Å². The number of nitrogens with one attached hydrogen (secondary N) is 1. The van der Waals surface area contributed by atoms with Gasteiger partial charge in [0.25, 0.3) is 0 Å². The standard InChI is InChI=1S/C17H17FN2O/c1-12-6-8-14(9-7-12)21-11-13(2)20-17-5-3-4-16(18)15(17)10-19/h3-9,13,20H,11H2,1-2H3. The third-order valence-electron chi connectivity index (χ3n) is 3.05. The van der Waals surface area contributed by atoms with E-state index in [2.05, 4.69) is 5.32 Å². The first-order valence-electron chi connectivity index (χ1n) is 6.75. The number of rotatable bonds is 5. The van der Waals surface area contributed by atoms with Crippen molar-refractivity contribution in [3.8, 4) is 11.8 Å². The molecule has 2 aromatic carbocycles. The molecule has 3 nitrogen and oxygen atoms in total. The lowest BCUT2D eigenvalue weighted by molar-refractivity contribution is 0.304. The monoisotopic (exact) mass is 284 g/mol. The zero-order valence-corrected chi connectivity index (χ0v) is 12.1. The molecule has 21 heavy (non-hydrogen) atoms. The summed E-state index contributed by atoms with van der Waals surface area (Å²) < 4.78 is 19.2. The third kappa shape index (κ3) is 3.96. The number of nitrogens with zero attached hydrogens (tertiary/aromatic N) is 1. The van der Waals surface area contributed by atoms with Gasteiger partial charge >= 0.3 is 0 Å². The summed E-state index contributed by atoms with van der Waals surface area (Å²) in [6.45, 7) is 4.35. The van der Waals surface area contributed by atoms with Crippen LogP contribution in [-0.2, 0) is 0 Å². The highest BCUT2D eigenvalue weighted by Gasteiger charge is 2.10. The number of hydrogen-bond acceptors (Lipinski definition) is 3. The molecule has 0 aliphatic rings. The van der Waals surface area contributed by atoms with E-state index >= 15 is 0 Å². The Balaban J connectivity index is 1.96. The minimum Gasteiger partial charge on any atom is -0.491 e. The van der Waals surface area contributed by atoms with Crippen molar-refractivity contribution in [3.05, 3.63) is 59.4 Å². The van der Waals surface area contributed by atoms with Gasteiger partial charge in [-0.15, -0.1) is 0 Å². The molecule has 0 spiro atoms. The Morgan fingerprint density at radius 2 is 1.95 bits per heavy atom. The van der Waals surface area contributed by atoms with Crippen molar-refractivity contribution in [2.75, 3.05) is 11.9 Å². The molecule has 4 heteroatoms. The van der Waals surface area contributed by atoms with Gasteiger partial charge in [0.1, 0.15) is 29.8 Å². The lowest BCUT2D eigenvalue weighted by atomic mass is 10.1. The van der Waals surface area contributed by atoms with Crippen molar-refractivity contribution < 1.29 is 9.13 Å². The molecule has 0 aromatic heterocycles. The van der Waals surface area contributed by atoms with Crippen molar-refractivity contribution in [1.29, 1.82) is 5.26 Å². The number of nitriles is 1. The normalized spacial score (nSPS) is 11.5. The van der Waals surface area contributed by atoms with Gasteiger partial charge in [-0.05, 0) is 38.1 Å². The topological polar surface area (TPSA) is 45.0 Å². The van der Waals surface area contributed by atoms with E-state index in [1.165, 1.54) is 11.6 Å². The second-order valence-electron chi connectivity index (χ2n) is 4.94. The van der Waals surface area contributed by atoms with Crippen LogP contribution in [0.5, 0.6) is 5.75 Å². The van der Waals surface area contributed by atoms with Crippen LogP contribution in [-0.4, -0.2) is 12.6 Å². The minimum absolute atomic E-state index is 0.0275. The highest BCUT2D eigenvalue weighted by atomic mass is 19.1. The van der Waals surface area contributed by atoms with Gasteiger partial charge in [-0.25, -0.2) is 4.39 Å². The lowest BCUT2D eigenvalue weighted by Gasteiger charge is -2.17. The van der Waals surface area contributed by atoms with Crippen molar-refractivity contribution in [2.24, 2.45) is 0 Å². The van der Waals surface area contributed by atoms with Gasteiger partial charge in [-0.3, -0.25) is 0 Å². The molecule has 0 aliphatic carbocycles. The maximum absolute atomic E-state index is 13.5. The molecule has 108 valence electrons. The zero-order chi connectivity index (χ0) is 15.2. The Morgan fingerprint density at radius 3 is 2.62 bits per heavy atom. The molecule has 1 unspecified atom stereocenters. The maximum Gasteiger partial charge on any atom is 0.143 e. The van der Waals surface area contributed by atoms with Crippen LogP contribution < -0.4 is 10.1 Å². The smallest absolute Gasteiger partial charge is 0.143 e. The van der Waals surface area contributed by atoms with Crippen LogP contribution in [0.3, 0.4) is 0 Å². The molecule has 0 fully saturated rings. The summed E-state index contributed by atoms with van der Waals surface area (Å²) in [5.41, 5.74) is 1.68. The van der Waals surface area contributed by atoms with Crippen LogP contribution in [0.15, 0.2) is 42.5 Å². The largest absolute Gasteiger partial charge is 0.491 e. The van der Waals surface area contributed by atoms with E-state index in [-0.39, 0.29) is 11.6 Å². The summed E-state index contributed by atoms with van der Waals surface area (Å²) in [4.78, 5) is 0. The van der Waals surface area contributed by atoms with Crippen LogP contribution in [0.4, 0.5) is 10.1 Å². The highest BCUT2D eigenvalue weighted by Crippen LogP contribution is 2.19. The van der Waals surface area contributed by atoms with Crippen LogP contribution in [0.2, 0.25) is 0 Å². The summed E-state index contributed by atoms with van der Waals surface area (Å²) in [6.07, 6.45) is 0. The molecule has 0 bridgehead atoms. The summed E-state index contributed by atoms with van der Waals surface area (Å²) >= 11 is 0. The number of anilines is 1. The minimum atomic E-state index is -0.519. The summed E-state index contributed by atoms with van der Waals surface area (Å²) in [5.74, 6) is 0.267. The molecule has 0 saturated heterocycles. The lowest BCUT2D eigenvalue weighted by Crippen LogP contribution is -2.24. The van der Waals surface area contributed by atoms with E-state index < -0.39 is 5.82 Å². The van der Waals surface area contributed by atoms with E-state index in [1.54, 1.807) is 12.1 Å². The molecule has 1 atom stereocenters. The van der Waals surface area contributed by atoms with Gasteiger partial charge in [0.2, 0.25) is 0 Å². The zero-order valence-electron chi connectivity index (χ0n) is 12.1. The molecule has 2 rings (SSSR count). The van der Waals surface area contributed by atoms with Crippen LogP contribution >= 0.6 is 0 Å². The van der Waals surface area contributed by atoms with Gasteiger partial charge in [0.15, 0.2) is 0 Å².